The van der Waals surface area contributed by atoms with Crippen molar-refractivity contribution in [2.24, 2.45) is 0 Å². The van der Waals surface area contributed by atoms with E-state index in [9.17, 15) is 9.59 Å². The van der Waals surface area contributed by atoms with Crippen LogP contribution in [0.5, 0.6) is 0 Å². The van der Waals surface area contributed by atoms with Crippen molar-refractivity contribution in [3.05, 3.63) is 57.2 Å². The van der Waals surface area contributed by atoms with Crippen LogP contribution >= 0.6 is 22.9 Å². The summed E-state index contributed by atoms with van der Waals surface area (Å²) >= 11 is 7.27. The van der Waals surface area contributed by atoms with Crippen molar-refractivity contribution >= 4 is 34.8 Å². The van der Waals surface area contributed by atoms with Gasteiger partial charge in [-0.3, -0.25) is 9.59 Å². The van der Waals surface area contributed by atoms with Gasteiger partial charge in [0.2, 0.25) is 5.91 Å². The number of rotatable bonds is 2. The zero-order valence-electron chi connectivity index (χ0n) is 11.1. The number of benzene rings is 1. The highest BCUT2D eigenvalue weighted by atomic mass is 35.5. The Morgan fingerprint density at radius 3 is 2.71 bits per heavy atom. The molecule has 2 heterocycles. The van der Waals surface area contributed by atoms with Gasteiger partial charge in [-0.15, -0.1) is 11.3 Å². The van der Waals surface area contributed by atoms with Crippen molar-refractivity contribution in [1.82, 2.24) is 10.2 Å². The molecule has 0 spiro atoms. The van der Waals surface area contributed by atoms with Crippen LogP contribution < -0.4 is 5.32 Å². The lowest BCUT2D eigenvalue weighted by molar-refractivity contribution is -0.128. The highest BCUT2D eigenvalue weighted by Crippen LogP contribution is 2.27. The molecule has 21 heavy (non-hydrogen) atoms. The van der Waals surface area contributed by atoms with Crippen molar-refractivity contribution in [1.29, 1.82) is 0 Å². The number of amides is 2. The lowest BCUT2D eigenvalue weighted by Gasteiger charge is -2.35. The number of thiophene rings is 1. The summed E-state index contributed by atoms with van der Waals surface area (Å²) in [5, 5.41) is 5.27. The molecule has 1 atom stereocenters. The standard InChI is InChI=1S/C15H13ClN2O2S/c16-11-5-3-10(4-6-11)13-14(19)17-7-8-18(13)15(20)12-2-1-9-21-12/h1-6,9,13H,7-8H2,(H,17,19). The summed E-state index contributed by atoms with van der Waals surface area (Å²) in [4.78, 5) is 27.1. The maximum Gasteiger partial charge on any atom is 0.264 e. The number of nitrogens with zero attached hydrogens (tertiary/aromatic N) is 1. The summed E-state index contributed by atoms with van der Waals surface area (Å²) in [6.45, 7) is 0.968. The fraction of sp³-hybridized carbons (Fsp3) is 0.200. The Hall–Kier alpha value is -1.85. The van der Waals surface area contributed by atoms with Crippen LogP contribution in [0.1, 0.15) is 21.3 Å². The number of carbonyl (C=O) groups is 2. The Balaban J connectivity index is 1.95. The normalized spacial score (nSPS) is 18.4. The molecule has 1 aromatic carbocycles. The van der Waals surface area contributed by atoms with E-state index in [1.165, 1.54) is 11.3 Å². The van der Waals surface area contributed by atoms with Crippen LogP contribution in [0.2, 0.25) is 5.02 Å². The Labute approximate surface area is 131 Å². The first-order chi connectivity index (χ1) is 10.2. The van der Waals surface area contributed by atoms with Crippen molar-refractivity contribution in [3.63, 3.8) is 0 Å². The van der Waals surface area contributed by atoms with Crippen LogP contribution in [0, 0.1) is 0 Å². The topological polar surface area (TPSA) is 49.4 Å². The molecule has 3 rings (SSSR count). The third-order valence-electron chi connectivity index (χ3n) is 3.39. The summed E-state index contributed by atoms with van der Waals surface area (Å²) < 4.78 is 0. The third kappa shape index (κ3) is 2.80. The Morgan fingerprint density at radius 2 is 2.05 bits per heavy atom. The first-order valence-electron chi connectivity index (χ1n) is 6.54. The van der Waals surface area contributed by atoms with Gasteiger partial charge in [-0.1, -0.05) is 29.8 Å². The van der Waals surface area contributed by atoms with Gasteiger partial charge >= 0.3 is 0 Å². The van der Waals surface area contributed by atoms with E-state index < -0.39 is 6.04 Å². The lowest BCUT2D eigenvalue weighted by Crippen LogP contribution is -2.52. The van der Waals surface area contributed by atoms with Gasteiger partial charge in [-0.2, -0.15) is 0 Å². The number of nitrogens with one attached hydrogen (secondary N) is 1. The third-order valence-corrected chi connectivity index (χ3v) is 4.50. The summed E-state index contributed by atoms with van der Waals surface area (Å²) in [6, 6.07) is 10.0. The molecule has 1 aliphatic heterocycles. The number of piperazine rings is 1. The molecule has 4 nitrogen and oxygen atoms in total. The first kappa shape index (κ1) is 14.1. The van der Waals surface area contributed by atoms with Crippen molar-refractivity contribution in [2.45, 2.75) is 6.04 Å². The van der Waals surface area contributed by atoms with E-state index in [0.717, 1.165) is 5.56 Å². The van der Waals surface area contributed by atoms with Gasteiger partial charge in [0, 0.05) is 18.1 Å². The van der Waals surface area contributed by atoms with Gasteiger partial charge in [0.1, 0.15) is 6.04 Å². The van der Waals surface area contributed by atoms with Crippen LogP contribution in [-0.4, -0.2) is 29.8 Å². The summed E-state index contributed by atoms with van der Waals surface area (Å²) in [5.41, 5.74) is 0.765. The number of hydrogen-bond donors (Lipinski definition) is 1. The van der Waals surface area contributed by atoms with Gasteiger partial charge in [-0.05, 0) is 29.1 Å². The van der Waals surface area contributed by atoms with Gasteiger partial charge < -0.3 is 10.2 Å². The van der Waals surface area contributed by atoms with E-state index in [0.29, 0.717) is 23.0 Å². The van der Waals surface area contributed by atoms with Gasteiger partial charge in [-0.25, -0.2) is 0 Å². The zero-order valence-corrected chi connectivity index (χ0v) is 12.7. The molecule has 1 unspecified atom stereocenters. The first-order valence-corrected chi connectivity index (χ1v) is 7.80. The van der Waals surface area contributed by atoms with Crippen molar-refractivity contribution < 1.29 is 9.59 Å². The molecule has 1 saturated heterocycles. The highest BCUT2D eigenvalue weighted by Gasteiger charge is 2.34. The van der Waals surface area contributed by atoms with Crippen molar-refractivity contribution in [2.75, 3.05) is 13.1 Å². The zero-order chi connectivity index (χ0) is 14.8. The number of halogens is 1. The van der Waals surface area contributed by atoms with Crippen LogP contribution in [0.15, 0.2) is 41.8 Å². The maximum absolute atomic E-state index is 12.6. The largest absolute Gasteiger partial charge is 0.352 e. The molecular weight excluding hydrogens is 308 g/mol. The monoisotopic (exact) mass is 320 g/mol. The Kier molecular flexibility index (Phi) is 3.94. The minimum absolute atomic E-state index is 0.111. The molecule has 0 radical (unpaired) electrons. The van der Waals surface area contributed by atoms with Crippen LogP contribution in [0.25, 0.3) is 0 Å². The Morgan fingerprint density at radius 1 is 1.29 bits per heavy atom. The van der Waals surface area contributed by atoms with Gasteiger partial charge in [0.25, 0.3) is 5.91 Å². The van der Waals surface area contributed by atoms with Crippen molar-refractivity contribution in [3.8, 4) is 0 Å². The molecule has 2 amide bonds. The molecule has 1 aliphatic rings. The van der Waals surface area contributed by atoms with E-state index in [1.54, 1.807) is 35.2 Å². The lowest BCUT2D eigenvalue weighted by atomic mass is 10.0. The van der Waals surface area contributed by atoms with Gasteiger partial charge in [0.15, 0.2) is 0 Å². The van der Waals surface area contributed by atoms with E-state index in [-0.39, 0.29) is 11.8 Å². The van der Waals surface area contributed by atoms with Gasteiger partial charge in [0.05, 0.1) is 4.88 Å². The fourth-order valence-corrected chi connectivity index (χ4v) is 3.21. The molecular formula is C15H13ClN2O2S. The summed E-state index contributed by atoms with van der Waals surface area (Å²) in [6.07, 6.45) is 0. The quantitative estimate of drug-likeness (QED) is 0.925. The van der Waals surface area contributed by atoms with Crippen LogP contribution in [0.3, 0.4) is 0 Å². The molecule has 2 aromatic rings. The predicted octanol–water partition coefficient (Wildman–Crippen LogP) is 2.71. The van der Waals surface area contributed by atoms with Crippen LogP contribution in [0.4, 0.5) is 0 Å². The SMILES string of the molecule is O=C1NCCN(C(=O)c2cccs2)C1c1ccc(Cl)cc1. The second-order valence-corrected chi connectivity index (χ2v) is 6.11. The molecule has 0 saturated carbocycles. The van der Waals surface area contributed by atoms with E-state index in [1.807, 2.05) is 11.4 Å². The minimum atomic E-state index is -0.606. The molecule has 6 heteroatoms. The van der Waals surface area contributed by atoms with Crippen LogP contribution in [-0.2, 0) is 4.79 Å². The smallest absolute Gasteiger partial charge is 0.264 e. The molecule has 1 fully saturated rings. The number of carbonyl (C=O) groups excluding carboxylic acids is 2. The van der Waals surface area contributed by atoms with E-state index in [4.69, 9.17) is 11.6 Å². The van der Waals surface area contributed by atoms with E-state index in [2.05, 4.69) is 5.32 Å². The minimum Gasteiger partial charge on any atom is -0.352 e. The maximum atomic E-state index is 12.6. The predicted molar refractivity (Wildman–Crippen MR) is 82.6 cm³/mol. The molecule has 1 N–H and O–H groups in total. The second-order valence-electron chi connectivity index (χ2n) is 4.72. The average Bonchev–Trinajstić information content (AvgIpc) is 3.02. The summed E-state index contributed by atoms with van der Waals surface area (Å²) in [7, 11) is 0. The second kappa shape index (κ2) is 5.87. The van der Waals surface area contributed by atoms with E-state index >= 15 is 0 Å². The molecule has 108 valence electrons. The Bertz CT molecular complexity index is 655. The number of hydrogen-bond acceptors (Lipinski definition) is 3. The molecule has 0 bridgehead atoms. The summed E-state index contributed by atoms with van der Waals surface area (Å²) in [5.74, 6) is -0.270. The average molecular weight is 321 g/mol. The highest BCUT2D eigenvalue weighted by molar-refractivity contribution is 7.12. The fourth-order valence-electron chi connectivity index (χ4n) is 2.40. The molecule has 0 aliphatic carbocycles. The molecule has 1 aromatic heterocycles.